The maximum Gasteiger partial charge on any atom is 0.0344 e. The predicted molar refractivity (Wildman–Crippen MR) is 70.2 cm³/mol. The van der Waals surface area contributed by atoms with Gasteiger partial charge in [-0.25, -0.2) is 0 Å². The van der Waals surface area contributed by atoms with E-state index in [-0.39, 0.29) is 0 Å². The van der Waals surface area contributed by atoms with E-state index in [1.165, 1.54) is 17.5 Å². The molecule has 0 spiro atoms. The van der Waals surface area contributed by atoms with Crippen molar-refractivity contribution in [1.82, 2.24) is 4.90 Å². The van der Waals surface area contributed by atoms with Crippen LogP contribution in [0.15, 0.2) is 24.3 Å². The molecule has 0 saturated carbocycles. The average molecular weight is 220 g/mol. The first-order chi connectivity index (χ1) is 7.54. The molecule has 0 heterocycles. The van der Waals surface area contributed by atoms with Gasteiger partial charge in [-0.3, -0.25) is 0 Å². The maximum atomic E-state index is 5.68. The molecule has 0 aliphatic carbocycles. The first-order valence-corrected chi connectivity index (χ1v) is 6.00. The van der Waals surface area contributed by atoms with E-state index >= 15 is 0 Å². The van der Waals surface area contributed by atoms with Gasteiger partial charge in [-0.1, -0.05) is 38.1 Å². The Morgan fingerprint density at radius 3 is 2.44 bits per heavy atom. The van der Waals surface area contributed by atoms with Gasteiger partial charge >= 0.3 is 0 Å². The van der Waals surface area contributed by atoms with Crippen molar-refractivity contribution in [2.24, 2.45) is 11.7 Å². The van der Waals surface area contributed by atoms with Crippen LogP contribution in [0.5, 0.6) is 0 Å². The van der Waals surface area contributed by atoms with Crippen molar-refractivity contribution in [3.8, 4) is 0 Å². The summed E-state index contributed by atoms with van der Waals surface area (Å²) in [5.41, 5.74) is 8.27. The zero-order valence-electron chi connectivity index (χ0n) is 10.9. The van der Waals surface area contributed by atoms with Crippen LogP contribution in [-0.4, -0.2) is 19.0 Å². The predicted octanol–water partition coefficient (Wildman–Crippen LogP) is 2.79. The van der Waals surface area contributed by atoms with Crippen molar-refractivity contribution >= 4 is 0 Å². The van der Waals surface area contributed by atoms with Gasteiger partial charge in [0.05, 0.1) is 0 Å². The summed E-state index contributed by atoms with van der Waals surface area (Å²) in [6.45, 7) is 5.15. The third kappa shape index (κ3) is 3.62. The largest absolute Gasteiger partial charge is 0.326 e. The molecule has 16 heavy (non-hydrogen) atoms. The van der Waals surface area contributed by atoms with E-state index in [4.69, 9.17) is 5.73 Å². The molecule has 2 N–H and O–H groups in total. The van der Waals surface area contributed by atoms with Crippen LogP contribution in [0.4, 0.5) is 0 Å². The highest BCUT2D eigenvalue weighted by Crippen LogP contribution is 2.26. The molecule has 0 amide bonds. The highest BCUT2D eigenvalue weighted by atomic mass is 15.1. The SMILES string of the molecule is CC(C)CC(c1cccc(CN)c1)N(C)C. The van der Waals surface area contributed by atoms with Crippen LogP contribution >= 0.6 is 0 Å². The van der Waals surface area contributed by atoms with E-state index in [9.17, 15) is 0 Å². The first kappa shape index (κ1) is 13.2. The average Bonchev–Trinajstić information content (AvgIpc) is 2.25. The molecule has 0 aliphatic rings. The van der Waals surface area contributed by atoms with Crippen LogP contribution in [0.2, 0.25) is 0 Å². The molecule has 1 aromatic carbocycles. The van der Waals surface area contributed by atoms with Gasteiger partial charge < -0.3 is 10.6 Å². The normalized spacial score (nSPS) is 13.4. The third-order valence-electron chi connectivity index (χ3n) is 2.89. The minimum atomic E-state index is 0.492. The summed E-state index contributed by atoms with van der Waals surface area (Å²) in [5.74, 6) is 0.703. The standard InChI is InChI=1S/C14H24N2/c1-11(2)8-14(16(3)4)13-7-5-6-12(9-13)10-15/h5-7,9,11,14H,8,10,15H2,1-4H3. The minimum Gasteiger partial charge on any atom is -0.326 e. The molecule has 1 aromatic rings. The van der Waals surface area contributed by atoms with E-state index in [2.05, 4.69) is 57.1 Å². The number of rotatable bonds is 5. The quantitative estimate of drug-likeness (QED) is 0.826. The van der Waals surface area contributed by atoms with Gasteiger partial charge in [0.15, 0.2) is 0 Å². The van der Waals surface area contributed by atoms with Crippen molar-refractivity contribution in [3.63, 3.8) is 0 Å². The zero-order chi connectivity index (χ0) is 12.1. The Morgan fingerprint density at radius 1 is 1.25 bits per heavy atom. The Bertz CT molecular complexity index is 318. The van der Waals surface area contributed by atoms with Gasteiger partial charge in [0.25, 0.3) is 0 Å². The lowest BCUT2D eigenvalue weighted by atomic mass is 9.95. The van der Waals surface area contributed by atoms with Crippen LogP contribution in [-0.2, 0) is 6.54 Å². The molecule has 0 aliphatic heterocycles. The topological polar surface area (TPSA) is 29.3 Å². The molecule has 0 saturated heterocycles. The molecule has 1 unspecified atom stereocenters. The minimum absolute atomic E-state index is 0.492. The van der Waals surface area contributed by atoms with Gasteiger partial charge in [0, 0.05) is 12.6 Å². The lowest BCUT2D eigenvalue weighted by molar-refractivity contribution is 0.259. The van der Waals surface area contributed by atoms with Crippen LogP contribution in [0.1, 0.15) is 37.4 Å². The fraction of sp³-hybridized carbons (Fsp3) is 0.571. The Labute approximate surface area is 99.5 Å². The zero-order valence-corrected chi connectivity index (χ0v) is 10.9. The smallest absolute Gasteiger partial charge is 0.0344 e. The van der Waals surface area contributed by atoms with Gasteiger partial charge in [-0.05, 0) is 37.6 Å². The summed E-state index contributed by atoms with van der Waals surface area (Å²) in [6, 6.07) is 9.12. The number of hydrogen-bond acceptors (Lipinski definition) is 2. The van der Waals surface area contributed by atoms with E-state index in [1.807, 2.05) is 0 Å². The van der Waals surface area contributed by atoms with Gasteiger partial charge in [0.2, 0.25) is 0 Å². The number of benzene rings is 1. The molecule has 1 rings (SSSR count). The summed E-state index contributed by atoms with van der Waals surface area (Å²) >= 11 is 0. The first-order valence-electron chi connectivity index (χ1n) is 6.00. The molecular formula is C14H24N2. The molecule has 0 radical (unpaired) electrons. The Morgan fingerprint density at radius 2 is 1.94 bits per heavy atom. The highest BCUT2D eigenvalue weighted by molar-refractivity contribution is 5.26. The monoisotopic (exact) mass is 220 g/mol. The Balaban J connectivity index is 2.91. The van der Waals surface area contributed by atoms with E-state index in [0.29, 0.717) is 18.5 Å². The molecule has 1 atom stereocenters. The number of nitrogens with zero attached hydrogens (tertiary/aromatic N) is 1. The van der Waals surface area contributed by atoms with Crippen LogP contribution in [0.25, 0.3) is 0 Å². The van der Waals surface area contributed by atoms with E-state index in [0.717, 1.165) is 0 Å². The molecular weight excluding hydrogens is 196 g/mol. The summed E-state index contributed by atoms with van der Waals surface area (Å²) < 4.78 is 0. The summed E-state index contributed by atoms with van der Waals surface area (Å²) in [5, 5.41) is 0. The molecule has 90 valence electrons. The Kier molecular flexibility index (Phi) is 4.97. The molecule has 0 fully saturated rings. The summed E-state index contributed by atoms with van der Waals surface area (Å²) in [6.07, 6.45) is 1.18. The van der Waals surface area contributed by atoms with E-state index in [1.54, 1.807) is 0 Å². The fourth-order valence-corrected chi connectivity index (χ4v) is 2.02. The molecule has 2 nitrogen and oxygen atoms in total. The van der Waals surface area contributed by atoms with Crippen molar-refractivity contribution in [3.05, 3.63) is 35.4 Å². The third-order valence-corrected chi connectivity index (χ3v) is 2.89. The lowest BCUT2D eigenvalue weighted by Gasteiger charge is -2.26. The van der Waals surface area contributed by atoms with Crippen molar-refractivity contribution in [1.29, 1.82) is 0 Å². The van der Waals surface area contributed by atoms with Crippen molar-refractivity contribution in [2.45, 2.75) is 32.9 Å². The second-order valence-electron chi connectivity index (χ2n) is 5.06. The molecule has 0 bridgehead atoms. The molecule has 2 heteroatoms. The van der Waals surface area contributed by atoms with Crippen LogP contribution in [0, 0.1) is 5.92 Å². The second-order valence-corrected chi connectivity index (χ2v) is 5.06. The lowest BCUT2D eigenvalue weighted by Crippen LogP contribution is -2.21. The van der Waals surface area contributed by atoms with E-state index < -0.39 is 0 Å². The highest BCUT2D eigenvalue weighted by Gasteiger charge is 2.15. The maximum absolute atomic E-state index is 5.68. The Hall–Kier alpha value is -0.860. The fourth-order valence-electron chi connectivity index (χ4n) is 2.02. The van der Waals surface area contributed by atoms with Gasteiger partial charge in [-0.2, -0.15) is 0 Å². The molecule has 0 aromatic heterocycles. The van der Waals surface area contributed by atoms with Gasteiger partial charge in [-0.15, -0.1) is 0 Å². The van der Waals surface area contributed by atoms with Crippen LogP contribution < -0.4 is 5.73 Å². The number of nitrogens with two attached hydrogens (primary N) is 1. The number of hydrogen-bond donors (Lipinski definition) is 1. The van der Waals surface area contributed by atoms with Crippen molar-refractivity contribution in [2.75, 3.05) is 14.1 Å². The van der Waals surface area contributed by atoms with Crippen molar-refractivity contribution < 1.29 is 0 Å². The summed E-state index contributed by atoms with van der Waals surface area (Å²) in [7, 11) is 4.28. The van der Waals surface area contributed by atoms with Crippen LogP contribution in [0.3, 0.4) is 0 Å². The van der Waals surface area contributed by atoms with Gasteiger partial charge in [0.1, 0.15) is 0 Å². The summed E-state index contributed by atoms with van der Waals surface area (Å²) in [4.78, 5) is 2.29. The second kappa shape index (κ2) is 6.02.